The summed E-state index contributed by atoms with van der Waals surface area (Å²) in [5.74, 6) is 1.80. The molecule has 3 aromatic heterocycles. The Bertz CT molecular complexity index is 1360. The Morgan fingerprint density at radius 2 is 1.82 bits per heavy atom. The first-order valence-corrected chi connectivity index (χ1v) is 11.2. The van der Waals surface area contributed by atoms with Gasteiger partial charge < -0.3 is 14.8 Å². The average Bonchev–Trinajstić information content (AvgIpc) is 3.43. The molecule has 1 fully saturated rings. The van der Waals surface area contributed by atoms with Crippen molar-refractivity contribution < 1.29 is 0 Å². The fourth-order valence-electron chi connectivity index (χ4n) is 4.98. The number of hydrogen-bond donors (Lipinski definition) is 1. The van der Waals surface area contributed by atoms with E-state index < -0.39 is 0 Å². The molecule has 0 aliphatic carbocycles. The van der Waals surface area contributed by atoms with Gasteiger partial charge in [-0.2, -0.15) is 5.26 Å². The Morgan fingerprint density at radius 3 is 2.58 bits per heavy atom. The van der Waals surface area contributed by atoms with Crippen molar-refractivity contribution >= 4 is 5.82 Å². The van der Waals surface area contributed by atoms with Crippen molar-refractivity contribution in [1.29, 1.82) is 5.26 Å². The molecule has 0 unspecified atom stereocenters. The van der Waals surface area contributed by atoms with Gasteiger partial charge in [-0.25, -0.2) is 4.98 Å². The Morgan fingerprint density at radius 1 is 1.03 bits per heavy atom. The second-order valence-corrected chi connectivity index (χ2v) is 8.96. The van der Waals surface area contributed by atoms with Gasteiger partial charge in [-0.15, -0.1) is 10.2 Å². The Balaban J connectivity index is 1.42. The maximum atomic E-state index is 9.10. The highest BCUT2D eigenvalue weighted by molar-refractivity contribution is 5.71. The van der Waals surface area contributed by atoms with E-state index in [1.165, 1.54) is 0 Å². The van der Waals surface area contributed by atoms with Crippen LogP contribution in [0, 0.1) is 11.3 Å². The van der Waals surface area contributed by atoms with Crippen molar-refractivity contribution in [1.82, 2.24) is 29.6 Å². The highest BCUT2D eigenvalue weighted by atomic mass is 15.3. The summed E-state index contributed by atoms with van der Waals surface area (Å²) in [4.78, 5) is 7.48. The van der Waals surface area contributed by atoms with Crippen LogP contribution in [-0.4, -0.2) is 49.5 Å². The topological polar surface area (TPSA) is 87.6 Å². The van der Waals surface area contributed by atoms with Crippen LogP contribution >= 0.6 is 0 Å². The largest absolute Gasteiger partial charge is 0.354 e. The summed E-state index contributed by atoms with van der Waals surface area (Å²) in [6, 6.07) is 17.1. The molecule has 164 valence electrons. The van der Waals surface area contributed by atoms with E-state index in [0.29, 0.717) is 24.2 Å². The number of anilines is 1. The van der Waals surface area contributed by atoms with Crippen molar-refractivity contribution in [3.63, 3.8) is 0 Å². The lowest BCUT2D eigenvalue weighted by Crippen LogP contribution is -2.54. The smallest absolute Gasteiger partial charge is 0.185 e. The first-order valence-electron chi connectivity index (χ1n) is 11.2. The highest BCUT2D eigenvalue weighted by Gasteiger charge is 2.26. The molecular weight excluding hydrogens is 412 g/mol. The molecule has 2 atom stereocenters. The zero-order valence-electron chi connectivity index (χ0n) is 18.6. The number of nitrogens with zero attached hydrogens (tertiary/aromatic N) is 7. The number of nitrogens with one attached hydrogen (secondary N) is 1. The lowest BCUT2D eigenvalue weighted by Gasteiger charge is -2.37. The summed E-state index contributed by atoms with van der Waals surface area (Å²) >= 11 is 0. The molecule has 2 aliphatic rings. The van der Waals surface area contributed by atoms with Gasteiger partial charge in [-0.05, 0) is 49.7 Å². The van der Waals surface area contributed by atoms with Crippen LogP contribution in [0.15, 0.2) is 55.0 Å². The van der Waals surface area contributed by atoms with Crippen molar-refractivity contribution in [2.45, 2.75) is 32.5 Å². The van der Waals surface area contributed by atoms with Crippen LogP contribution in [0.25, 0.3) is 28.3 Å². The fourth-order valence-corrected chi connectivity index (χ4v) is 4.98. The van der Waals surface area contributed by atoms with E-state index in [9.17, 15) is 0 Å². The molecule has 0 radical (unpaired) electrons. The number of hydrogen-bond acceptors (Lipinski definition) is 6. The van der Waals surface area contributed by atoms with Gasteiger partial charge in [-0.1, -0.05) is 12.1 Å². The molecule has 8 heteroatoms. The summed E-state index contributed by atoms with van der Waals surface area (Å²) in [5.41, 5.74) is 5.80. The molecule has 5 heterocycles. The van der Waals surface area contributed by atoms with Gasteiger partial charge in [0.25, 0.3) is 0 Å². The SMILES string of the molecule is C[C@@H]1CN(c2ccc3c(n2)Cn2cc(-c4ccc(C#N)cc4)cc2-c2nncn2-3)C[C@H](C)N1. The van der Waals surface area contributed by atoms with Gasteiger partial charge in [0.15, 0.2) is 5.82 Å². The molecule has 0 saturated carbocycles. The van der Waals surface area contributed by atoms with Crippen LogP contribution in [0.4, 0.5) is 5.82 Å². The predicted molar refractivity (Wildman–Crippen MR) is 126 cm³/mol. The Labute approximate surface area is 192 Å². The van der Waals surface area contributed by atoms with Crippen molar-refractivity contribution in [2.75, 3.05) is 18.0 Å². The number of aromatic nitrogens is 5. The molecule has 33 heavy (non-hydrogen) atoms. The minimum atomic E-state index is 0.421. The summed E-state index contributed by atoms with van der Waals surface area (Å²) in [6.45, 7) is 6.95. The van der Waals surface area contributed by atoms with Crippen LogP contribution in [0.1, 0.15) is 25.1 Å². The van der Waals surface area contributed by atoms with Gasteiger partial charge in [0.1, 0.15) is 12.1 Å². The highest BCUT2D eigenvalue weighted by Crippen LogP contribution is 2.34. The molecule has 4 aromatic rings. The molecule has 1 saturated heterocycles. The zero-order valence-corrected chi connectivity index (χ0v) is 18.6. The predicted octanol–water partition coefficient (Wildman–Crippen LogP) is 3.22. The lowest BCUT2D eigenvalue weighted by atomic mass is 10.1. The Hall–Kier alpha value is -3.96. The molecule has 6 rings (SSSR count). The maximum absolute atomic E-state index is 9.10. The van der Waals surface area contributed by atoms with E-state index >= 15 is 0 Å². The first-order chi connectivity index (χ1) is 16.1. The summed E-state index contributed by atoms with van der Waals surface area (Å²) in [6.07, 6.45) is 3.89. The molecule has 1 N–H and O–H groups in total. The van der Waals surface area contributed by atoms with Gasteiger partial charge in [-0.3, -0.25) is 4.57 Å². The molecule has 0 bridgehead atoms. The number of benzene rings is 1. The Kier molecular flexibility index (Phi) is 4.52. The number of fused-ring (bicyclic) bond motifs is 5. The second kappa shape index (κ2) is 7.57. The van der Waals surface area contributed by atoms with Gasteiger partial charge >= 0.3 is 0 Å². The fraction of sp³-hybridized carbons (Fsp3) is 0.280. The third-order valence-electron chi connectivity index (χ3n) is 6.42. The van der Waals surface area contributed by atoms with Crippen LogP contribution in [-0.2, 0) is 6.54 Å². The standard InChI is InChI=1S/C25H24N8/c1-16-11-32(12-17(2)28-16)24-8-7-22-21(29-24)14-31-13-20(19-5-3-18(10-26)4-6-19)9-23(31)25-30-27-15-33(22)25/h3-9,13,15-17,28H,11-12,14H2,1-2H3/t16-,17+. The minimum absolute atomic E-state index is 0.421. The van der Waals surface area contributed by atoms with Crippen molar-refractivity contribution in [3.8, 4) is 34.4 Å². The summed E-state index contributed by atoms with van der Waals surface area (Å²) in [5, 5.41) is 21.3. The van der Waals surface area contributed by atoms with E-state index in [1.807, 2.05) is 28.8 Å². The average molecular weight is 437 g/mol. The summed E-state index contributed by atoms with van der Waals surface area (Å²) < 4.78 is 4.22. The first kappa shape index (κ1) is 19.7. The number of nitriles is 1. The van der Waals surface area contributed by atoms with Crippen LogP contribution in [0.2, 0.25) is 0 Å². The molecule has 0 amide bonds. The van der Waals surface area contributed by atoms with Crippen molar-refractivity contribution in [3.05, 3.63) is 66.2 Å². The van der Waals surface area contributed by atoms with E-state index in [2.05, 4.69) is 69.3 Å². The third kappa shape index (κ3) is 3.38. The monoisotopic (exact) mass is 436 g/mol. The van der Waals surface area contributed by atoms with Crippen molar-refractivity contribution in [2.24, 2.45) is 0 Å². The van der Waals surface area contributed by atoms with E-state index in [4.69, 9.17) is 10.2 Å². The maximum Gasteiger partial charge on any atom is 0.185 e. The molecular formula is C25H24N8. The van der Waals surface area contributed by atoms with E-state index in [-0.39, 0.29) is 0 Å². The van der Waals surface area contributed by atoms with Crippen LogP contribution in [0.3, 0.4) is 0 Å². The normalized spacial score (nSPS) is 19.2. The quantitative estimate of drug-likeness (QED) is 0.457. The number of piperazine rings is 1. The number of rotatable bonds is 2. The lowest BCUT2D eigenvalue weighted by molar-refractivity contribution is 0.405. The van der Waals surface area contributed by atoms with Gasteiger partial charge in [0, 0.05) is 36.9 Å². The van der Waals surface area contributed by atoms with E-state index in [1.54, 1.807) is 6.33 Å². The minimum Gasteiger partial charge on any atom is -0.354 e. The third-order valence-corrected chi connectivity index (χ3v) is 6.42. The second-order valence-electron chi connectivity index (χ2n) is 8.96. The van der Waals surface area contributed by atoms with Gasteiger partial charge in [0.2, 0.25) is 0 Å². The molecule has 0 spiro atoms. The zero-order chi connectivity index (χ0) is 22.5. The van der Waals surface area contributed by atoms with Crippen LogP contribution in [0.5, 0.6) is 0 Å². The molecule has 2 aliphatic heterocycles. The number of pyridine rings is 1. The van der Waals surface area contributed by atoms with Crippen LogP contribution < -0.4 is 10.2 Å². The molecule has 8 nitrogen and oxygen atoms in total. The summed E-state index contributed by atoms with van der Waals surface area (Å²) in [7, 11) is 0. The van der Waals surface area contributed by atoms with E-state index in [0.717, 1.165) is 52.9 Å². The molecule has 1 aromatic carbocycles. The van der Waals surface area contributed by atoms with Gasteiger partial charge in [0.05, 0.1) is 35.3 Å².